The number of anilines is 1. The minimum Gasteiger partial charge on any atom is -0.351 e. The van der Waals surface area contributed by atoms with Crippen molar-refractivity contribution in [2.24, 2.45) is 0 Å². The van der Waals surface area contributed by atoms with Gasteiger partial charge in [-0.15, -0.1) is 0 Å². The van der Waals surface area contributed by atoms with Gasteiger partial charge in [-0.1, -0.05) is 0 Å². The first-order valence-corrected chi connectivity index (χ1v) is 4.81. The van der Waals surface area contributed by atoms with Gasteiger partial charge < -0.3 is 4.90 Å². The van der Waals surface area contributed by atoms with Gasteiger partial charge in [-0.2, -0.15) is 5.26 Å². The zero-order chi connectivity index (χ0) is 9.80. The van der Waals surface area contributed by atoms with Crippen LogP contribution in [0.1, 0.15) is 19.3 Å². The molecular formula is C10H12N4. The molecule has 14 heavy (non-hydrogen) atoms. The van der Waals surface area contributed by atoms with E-state index in [1.807, 2.05) is 0 Å². The van der Waals surface area contributed by atoms with E-state index >= 15 is 0 Å². The van der Waals surface area contributed by atoms with Crippen molar-refractivity contribution in [1.29, 1.82) is 5.26 Å². The summed E-state index contributed by atoms with van der Waals surface area (Å²) in [5.74, 6) is 0.894. The Kier molecular flexibility index (Phi) is 2.59. The highest BCUT2D eigenvalue weighted by atomic mass is 15.2. The van der Waals surface area contributed by atoms with Crippen molar-refractivity contribution in [3.8, 4) is 6.07 Å². The minimum absolute atomic E-state index is 0.549. The van der Waals surface area contributed by atoms with Crippen LogP contribution in [0.3, 0.4) is 0 Å². The fourth-order valence-electron chi connectivity index (χ4n) is 1.48. The molecule has 0 spiro atoms. The maximum absolute atomic E-state index is 8.55. The van der Waals surface area contributed by atoms with Gasteiger partial charge in [0.15, 0.2) is 0 Å². The molecule has 0 amide bonds. The van der Waals surface area contributed by atoms with Gasteiger partial charge in [0.05, 0.1) is 18.7 Å². The van der Waals surface area contributed by atoms with Crippen molar-refractivity contribution >= 4 is 5.82 Å². The quantitative estimate of drug-likeness (QED) is 0.715. The van der Waals surface area contributed by atoms with E-state index in [0.29, 0.717) is 12.5 Å². The van der Waals surface area contributed by atoms with Gasteiger partial charge in [-0.3, -0.25) is 4.98 Å². The molecule has 1 aliphatic carbocycles. The second-order valence-corrected chi connectivity index (χ2v) is 3.40. The summed E-state index contributed by atoms with van der Waals surface area (Å²) in [6.45, 7) is 0.764. The summed E-state index contributed by atoms with van der Waals surface area (Å²) in [4.78, 5) is 10.5. The molecule has 4 nitrogen and oxygen atoms in total. The Morgan fingerprint density at radius 3 is 2.93 bits per heavy atom. The number of rotatable bonds is 4. The van der Waals surface area contributed by atoms with Crippen LogP contribution < -0.4 is 4.90 Å². The second kappa shape index (κ2) is 4.05. The van der Waals surface area contributed by atoms with Crippen LogP contribution in [0.2, 0.25) is 0 Å². The Balaban J connectivity index is 2.07. The zero-order valence-corrected chi connectivity index (χ0v) is 7.93. The van der Waals surface area contributed by atoms with E-state index in [1.165, 1.54) is 12.8 Å². The lowest BCUT2D eigenvalue weighted by molar-refractivity contribution is 0.774. The molecule has 1 fully saturated rings. The highest BCUT2D eigenvalue weighted by molar-refractivity contribution is 5.38. The molecule has 0 saturated heterocycles. The third kappa shape index (κ3) is 1.99. The molecule has 1 aliphatic rings. The molecule has 0 aromatic carbocycles. The first-order valence-electron chi connectivity index (χ1n) is 4.81. The number of nitriles is 1. The topological polar surface area (TPSA) is 52.8 Å². The van der Waals surface area contributed by atoms with Gasteiger partial charge in [-0.25, -0.2) is 4.98 Å². The maximum Gasteiger partial charge on any atom is 0.147 e. The molecule has 1 aromatic rings. The Labute approximate surface area is 83.2 Å². The second-order valence-electron chi connectivity index (χ2n) is 3.40. The maximum atomic E-state index is 8.55. The van der Waals surface area contributed by atoms with Crippen molar-refractivity contribution in [3.05, 3.63) is 18.6 Å². The van der Waals surface area contributed by atoms with Crippen LogP contribution in [0.15, 0.2) is 18.6 Å². The van der Waals surface area contributed by atoms with Gasteiger partial charge in [0.2, 0.25) is 0 Å². The Hall–Kier alpha value is -1.63. The summed E-state index contributed by atoms with van der Waals surface area (Å²) in [6, 6.07) is 2.74. The number of hydrogen-bond donors (Lipinski definition) is 0. The average Bonchev–Trinajstić information content (AvgIpc) is 3.04. The normalized spacial score (nSPS) is 14.8. The van der Waals surface area contributed by atoms with E-state index in [0.717, 1.165) is 12.4 Å². The molecule has 0 radical (unpaired) electrons. The lowest BCUT2D eigenvalue weighted by Crippen LogP contribution is -2.27. The lowest BCUT2D eigenvalue weighted by Gasteiger charge is -2.21. The van der Waals surface area contributed by atoms with Crippen LogP contribution in [-0.2, 0) is 0 Å². The van der Waals surface area contributed by atoms with E-state index in [-0.39, 0.29) is 0 Å². The van der Waals surface area contributed by atoms with Crippen LogP contribution >= 0.6 is 0 Å². The van der Waals surface area contributed by atoms with Gasteiger partial charge in [0.25, 0.3) is 0 Å². The number of hydrogen-bond acceptors (Lipinski definition) is 4. The Bertz CT molecular complexity index is 326. The van der Waals surface area contributed by atoms with E-state index in [2.05, 4.69) is 20.9 Å². The number of nitrogens with zero attached hydrogens (tertiary/aromatic N) is 4. The number of aromatic nitrogens is 2. The van der Waals surface area contributed by atoms with Crippen LogP contribution in [0.4, 0.5) is 5.82 Å². The molecule has 0 atom stereocenters. The molecule has 4 heteroatoms. The lowest BCUT2D eigenvalue weighted by atomic mass is 10.4. The van der Waals surface area contributed by atoms with Gasteiger partial charge in [0, 0.05) is 25.0 Å². The van der Waals surface area contributed by atoms with E-state index in [1.54, 1.807) is 18.6 Å². The molecule has 0 bridgehead atoms. The van der Waals surface area contributed by atoms with E-state index in [4.69, 9.17) is 5.26 Å². The summed E-state index contributed by atoms with van der Waals surface area (Å²) in [5.41, 5.74) is 0. The predicted molar refractivity (Wildman–Crippen MR) is 52.6 cm³/mol. The fraction of sp³-hybridized carbons (Fsp3) is 0.500. The molecular weight excluding hydrogens is 176 g/mol. The van der Waals surface area contributed by atoms with Crippen molar-refractivity contribution in [3.63, 3.8) is 0 Å². The van der Waals surface area contributed by atoms with Gasteiger partial charge >= 0.3 is 0 Å². The highest BCUT2D eigenvalue weighted by Gasteiger charge is 2.29. The van der Waals surface area contributed by atoms with Crippen LogP contribution in [0.25, 0.3) is 0 Å². The Morgan fingerprint density at radius 2 is 2.36 bits per heavy atom. The fourth-order valence-corrected chi connectivity index (χ4v) is 1.48. The van der Waals surface area contributed by atoms with Crippen molar-refractivity contribution in [1.82, 2.24) is 9.97 Å². The molecule has 1 saturated carbocycles. The first-order chi connectivity index (χ1) is 6.92. The van der Waals surface area contributed by atoms with Crippen LogP contribution in [0.5, 0.6) is 0 Å². The summed E-state index contributed by atoms with van der Waals surface area (Å²) in [5, 5.41) is 8.55. The van der Waals surface area contributed by atoms with Crippen molar-refractivity contribution in [2.45, 2.75) is 25.3 Å². The average molecular weight is 188 g/mol. The largest absolute Gasteiger partial charge is 0.351 e. The van der Waals surface area contributed by atoms with Crippen LogP contribution in [0, 0.1) is 11.3 Å². The molecule has 1 aromatic heterocycles. The van der Waals surface area contributed by atoms with E-state index in [9.17, 15) is 0 Å². The molecule has 2 rings (SSSR count). The monoisotopic (exact) mass is 188 g/mol. The third-order valence-corrected chi connectivity index (χ3v) is 2.30. The highest BCUT2D eigenvalue weighted by Crippen LogP contribution is 2.29. The third-order valence-electron chi connectivity index (χ3n) is 2.30. The molecule has 1 heterocycles. The minimum atomic E-state index is 0.549. The van der Waals surface area contributed by atoms with Gasteiger partial charge in [0.1, 0.15) is 5.82 Å². The summed E-state index contributed by atoms with van der Waals surface area (Å²) in [6.07, 6.45) is 8.09. The summed E-state index contributed by atoms with van der Waals surface area (Å²) < 4.78 is 0. The Morgan fingerprint density at radius 1 is 1.50 bits per heavy atom. The van der Waals surface area contributed by atoms with E-state index < -0.39 is 0 Å². The summed E-state index contributed by atoms with van der Waals surface area (Å²) >= 11 is 0. The van der Waals surface area contributed by atoms with Crippen molar-refractivity contribution in [2.75, 3.05) is 11.4 Å². The van der Waals surface area contributed by atoms with Crippen molar-refractivity contribution < 1.29 is 0 Å². The van der Waals surface area contributed by atoms with Gasteiger partial charge in [-0.05, 0) is 12.8 Å². The van der Waals surface area contributed by atoms with Crippen LogP contribution in [-0.4, -0.2) is 22.6 Å². The smallest absolute Gasteiger partial charge is 0.147 e. The zero-order valence-electron chi connectivity index (χ0n) is 7.93. The molecule has 0 N–H and O–H groups in total. The SMILES string of the molecule is N#CCCN(c1cnccn1)C1CC1. The molecule has 0 unspecified atom stereocenters. The first kappa shape index (κ1) is 8.95. The standard InChI is InChI=1S/C10H12N4/c11-4-1-7-14(9-2-3-9)10-8-12-5-6-13-10/h5-6,8-9H,1-3,7H2. The predicted octanol–water partition coefficient (Wildman–Crippen LogP) is 1.36. The molecule has 0 aliphatic heterocycles. The summed E-state index contributed by atoms with van der Waals surface area (Å²) in [7, 11) is 0. The molecule has 72 valence electrons.